The normalized spacial score (nSPS) is 12.3. The Bertz CT molecular complexity index is 407. The van der Waals surface area contributed by atoms with E-state index >= 15 is 0 Å². The molecule has 0 bridgehead atoms. The summed E-state index contributed by atoms with van der Waals surface area (Å²) >= 11 is 0. The highest BCUT2D eigenvalue weighted by atomic mass is 16.2. The molecule has 0 fully saturated rings. The summed E-state index contributed by atoms with van der Waals surface area (Å²) in [6, 6.07) is 3.67. The molecule has 1 rings (SSSR count). The average molecular weight is 249 g/mol. The zero-order valence-corrected chi connectivity index (χ0v) is 11.9. The molecule has 0 aromatic carbocycles. The number of carbonyl (C=O) groups excluding carboxylic acids is 1. The molecule has 4 heteroatoms. The third kappa shape index (κ3) is 2.70. The summed E-state index contributed by atoms with van der Waals surface area (Å²) in [6.45, 7) is 10.1. The van der Waals surface area contributed by atoms with Crippen LogP contribution in [0.3, 0.4) is 0 Å². The van der Waals surface area contributed by atoms with Gasteiger partial charge in [0.25, 0.3) is 0 Å². The number of aromatic nitrogens is 1. The number of carbonyl (C=O) groups is 1. The molecular formula is C14H23N3O. The van der Waals surface area contributed by atoms with Crippen LogP contribution in [0.4, 0.5) is 5.69 Å². The number of nitrogens with two attached hydrogens (primary N) is 1. The number of amides is 1. The van der Waals surface area contributed by atoms with Crippen molar-refractivity contribution in [3.05, 3.63) is 24.5 Å². The molecule has 1 aromatic rings. The number of hydrogen-bond acceptors (Lipinski definition) is 3. The molecule has 0 aliphatic carbocycles. The minimum atomic E-state index is -0.633. The van der Waals surface area contributed by atoms with Crippen molar-refractivity contribution in [2.45, 2.75) is 40.2 Å². The summed E-state index contributed by atoms with van der Waals surface area (Å²) in [5, 5.41) is 0. The highest BCUT2D eigenvalue weighted by Crippen LogP contribution is 2.32. The fourth-order valence-electron chi connectivity index (χ4n) is 1.58. The van der Waals surface area contributed by atoms with Gasteiger partial charge in [0.2, 0.25) is 5.91 Å². The average Bonchev–Trinajstić information content (AvgIpc) is 2.29. The molecule has 0 atom stereocenters. The lowest BCUT2D eigenvalue weighted by atomic mass is 9.74. The van der Waals surface area contributed by atoms with Crippen LogP contribution in [0.25, 0.3) is 0 Å². The van der Waals surface area contributed by atoms with E-state index in [0.29, 0.717) is 6.54 Å². The number of anilines is 1. The molecule has 4 nitrogen and oxygen atoms in total. The number of hydrogen-bond donors (Lipinski definition) is 1. The molecule has 0 spiro atoms. The van der Waals surface area contributed by atoms with Gasteiger partial charge in [-0.3, -0.25) is 9.78 Å². The Morgan fingerprint density at radius 2 is 1.78 bits per heavy atom. The van der Waals surface area contributed by atoms with E-state index in [0.717, 1.165) is 5.69 Å². The molecule has 0 saturated heterocycles. The fourth-order valence-corrected chi connectivity index (χ4v) is 1.58. The summed E-state index contributed by atoms with van der Waals surface area (Å²) in [7, 11) is 0. The molecule has 1 aromatic heterocycles. The molecule has 1 amide bonds. The second-order valence-corrected chi connectivity index (χ2v) is 5.60. The van der Waals surface area contributed by atoms with Crippen LogP contribution >= 0.6 is 0 Å². The van der Waals surface area contributed by atoms with Gasteiger partial charge in [-0.15, -0.1) is 0 Å². The largest absolute Gasteiger partial charge is 0.325 e. The first-order chi connectivity index (χ1) is 8.21. The first-order valence-corrected chi connectivity index (χ1v) is 6.22. The molecule has 0 saturated carbocycles. The predicted molar refractivity (Wildman–Crippen MR) is 74.3 cm³/mol. The van der Waals surface area contributed by atoms with Crippen LogP contribution in [0.5, 0.6) is 0 Å². The second kappa shape index (κ2) is 5.06. The van der Waals surface area contributed by atoms with E-state index in [9.17, 15) is 4.79 Å². The minimum Gasteiger partial charge on any atom is -0.325 e. The Morgan fingerprint density at radius 3 is 2.17 bits per heavy atom. The summed E-state index contributed by atoms with van der Waals surface area (Å²) in [4.78, 5) is 18.4. The highest BCUT2D eigenvalue weighted by molar-refractivity contribution is 5.97. The summed E-state index contributed by atoms with van der Waals surface area (Å²) in [5.41, 5.74) is 5.77. The highest BCUT2D eigenvalue weighted by Gasteiger charge is 2.42. The summed E-state index contributed by atoms with van der Waals surface area (Å²) < 4.78 is 0. The second-order valence-electron chi connectivity index (χ2n) is 5.60. The SMILES string of the molecule is CCN(C(=O)C(C)(C)C(C)(C)N)c1ccncc1. The minimum absolute atomic E-state index is 0.0312. The standard InChI is InChI=1S/C14H23N3O/c1-6-17(11-7-9-16-10-8-11)12(18)13(2,3)14(4,5)15/h7-10H,6,15H2,1-5H3. The van der Waals surface area contributed by atoms with Crippen molar-refractivity contribution in [1.29, 1.82) is 0 Å². The van der Waals surface area contributed by atoms with E-state index in [4.69, 9.17) is 5.73 Å². The zero-order valence-electron chi connectivity index (χ0n) is 11.9. The van der Waals surface area contributed by atoms with Crippen molar-refractivity contribution in [2.75, 3.05) is 11.4 Å². The van der Waals surface area contributed by atoms with Crippen molar-refractivity contribution in [2.24, 2.45) is 11.1 Å². The van der Waals surface area contributed by atoms with Crippen molar-refractivity contribution in [1.82, 2.24) is 4.98 Å². The van der Waals surface area contributed by atoms with Crippen molar-refractivity contribution < 1.29 is 4.79 Å². The van der Waals surface area contributed by atoms with Gasteiger partial charge in [-0.1, -0.05) is 0 Å². The Hall–Kier alpha value is -1.42. The van der Waals surface area contributed by atoms with Crippen LogP contribution in [0.15, 0.2) is 24.5 Å². The molecule has 0 aliphatic heterocycles. The van der Waals surface area contributed by atoms with Crippen LogP contribution in [-0.4, -0.2) is 23.0 Å². The van der Waals surface area contributed by atoms with Crippen LogP contribution in [0.1, 0.15) is 34.6 Å². The topological polar surface area (TPSA) is 59.2 Å². The zero-order chi connectivity index (χ0) is 14.0. The van der Waals surface area contributed by atoms with Crippen molar-refractivity contribution in [3.63, 3.8) is 0 Å². The maximum Gasteiger partial charge on any atom is 0.234 e. The van der Waals surface area contributed by atoms with E-state index < -0.39 is 11.0 Å². The van der Waals surface area contributed by atoms with Gasteiger partial charge in [-0.25, -0.2) is 0 Å². The van der Waals surface area contributed by atoms with Crippen LogP contribution in [0, 0.1) is 5.41 Å². The smallest absolute Gasteiger partial charge is 0.234 e. The first kappa shape index (κ1) is 14.6. The monoisotopic (exact) mass is 249 g/mol. The molecule has 1 heterocycles. The number of pyridine rings is 1. The first-order valence-electron chi connectivity index (χ1n) is 6.22. The molecule has 2 N–H and O–H groups in total. The van der Waals surface area contributed by atoms with Crippen LogP contribution < -0.4 is 10.6 Å². The molecule has 0 aliphatic rings. The van der Waals surface area contributed by atoms with E-state index in [1.807, 2.05) is 46.8 Å². The van der Waals surface area contributed by atoms with Gasteiger partial charge >= 0.3 is 0 Å². The molecule has 0 radical (unpaired) electrons. The van der Waals surface area contributed by atoms with Crippen molar-refractivity contribution >= 4 is 11.6 Å². The number of nitrogens with zero attached hydrogens (tertiary/aromatic N) is 2. The Morgan fingerprint density at radius 1 is 1.28 bits per heavy atom. The Labute approximate surface area is 109 Å². The number of rotatable bonds is 4. The maximum absolute atomic E-state index is 12.7. The van der Waals surface area contributed by atoms with E-state index in [1.54, 1.807) is 17.3 Å². The van der Waals surface area contributed by atoms with E-state index in [2.05, 4.69) is 4.98 Å². The van der Waals surface area contributed by atoms with E-state index in [1.165, 1.54) is 0 Å². The van der Waals surface area contributed by atoms with Crippen LogP contribution in [-0.2, 0) is 4.79 Å². The molecule has 0 unspecified atom stereocenters. The van der Waals surface area contributed by atoms with Gasteiger partial charge in [-0.2, -0.15) is 0 Å². The van der Waals surface area contributed by atoms with Gasteiger partial charge < -0.3 is 10.6 Å². The van der Waals surface area contributed by atoms with Gasteiger partial charge in [0.1, 0.15) is 0 Å². The lowest BCUT2D eigenvalue weighted by molar-refractivity contribution is -0.129. The quantitative estimate of drug-likeness (QED) is 0.890. The molecule has 100 valence electrons. The Kier molecular flexibility index (Phi) is 4.12. The lowest BCUT2D eigenvalue weighted by Crippen LogP contribution is -2.56. The third-order valence-corrected chi connectivity index (χ3v) is 3.68. The third-order valence-electron chi connectivity index (χ3n) is 3.68. The molecule has 18 heavy (non-hydrogen) atoms. The van der Waals surface area contributed by atoms with Gasteiger partial charge in [0.15, 0.2) is 0 Å². The van der Waals surface area contributed by atoms with Gasteiger partial charge in [0, 0.05) is 30.2 Å². The fraction of sp³-hybridized carbons (Fsp3) is 0.571. The maximum atomic E-state index is 12.7. The van der Waals surface area contributed by atoms with Gasteiger partial charge in [0.05, 0.1) is 5.41 Å². The van der Waals surface area contributed by atoms with Crippen LogP contribution in [0.2, 0.25) is 0 Å². The summed E-state index contributed by atoms with van der Waals surface area (Å²) in [6.07, 6.45) is 3.37. The molecular weight excluding hydrogens is 226 g/mol. The lowest BCUT2D eigenvalue weighted by Gasteiger charge is -2.40. The van der Waals surface area contributed by atoms with Crippen molar-refractivity contribution in [3.8, 4) is 0 Å². The predicted octanol–water partition coefficient (Wildman–Crippen LogP) is 2.20. The Balaban J connectivity index is 3.08. The summed E-state index contributed by atoms with van der Waals surface area (Å²) in [5.74, 6) is 0.0312. The van der Waals surface area contributed by atoms with E-state index in [-0.39, 0.29) is 5.91 Å². The van der Waals surface area contributed by atoms with Gasteiger partial charge in [-0.05, 0) is 46.8 Å².